The van der Waals surface area contributed by atoms with Crippen LogP contribution in [-0.4, -0.2) is 10.7 Å². The van der Waals surface area contributed by atoms with Crippen molar-refractivity contribution in [3.8, 4) is 0 Å². The molecular weight excluding hydrogens is 196 g/mol. The molecule has 3 unspecified atom stereocenters. The monoisotopic (exact) mass is 222 g/mol. The number of hydrogen-bond donors (Lipinski definition) is 1. The van der Waals surface area contributed by atoms with Crippen LogP contribution in [0.4, 0.5) is 0 Å². The summed E-state index contributed by atoms with van der Waals surface area (Å²) in [5.41, 5.74) is -0.565. The lowest BCUT2D eigenvalue weighted by atomic mass is 9.79. The summed E-state index contributed by atoms with van der Waals surface area (Å²) in [5, 5.41) is 9.82. The van der Waals surface area contributed by atoms with Gasteiger partial charge in [-0.25, -0.2) is 0 Å². The Morgan fingerprint density at radius 2 is 2.12 bits per heavy atom. The lowest BCUT2D eigenvalue weighted by Gasteiger charge is -2.30. The maximum absolute atomic E-state index is 9.82. The van der Waals surface area contributed by atoms with Gasteiger partial charge in [0.2, 0.25) is 0 Å². The summed E-state index contributed by atoms with van der Waals surface area (Å²) in [6.45, 7) is 8.61. The van der Waals surface area contributed by atoms with E-state index >= 15 is 0 Å². The molecule has 0 spiro atoms. The standard InChI is InChI=1S/C15H26O/c1-12(2)6-5-7-13(3)14-8-10-15(4,16)11-9-14/h5-6,8,10,12-14,16H,7,9,11H2,1-4H3/b6-5-. The van der Waals surface area contributed by atoms with E-state index in [0.29, 0.717) is 17.8 Å². The van der Waals surface area contributed by atoms with Crippen LogP contribution in [0.5, 0.6) is 0 Å². The summed E-state index contributed by atoms with van der Waals surface area (Å²) >= 11 is 0. The molecular formula is C15H26O. The second kappa shape index (κ2) is 5.67. The molecule has 1 nitrogen and oxygen atoms in total. The average Bonchev–Trinajstić information content (AvgIpc) is 2.16. The van der Waals surface area contributed by atoms with Crippen LogP contribution in [0.3, 0.4) is 0 Å². The lowest BCUT2D eigenvalue weighted by Crippen LogP contribution is -2.27. The first-order valence-electron chi connectivity index (χ1n) is 6.49. The van der Waals surface area contributed by atoms with E-state index in [1.807, 2.05) is 13.0 Å². The Labute approximate surface area is 100 Å². The Balaban J connectivity index is 2.41. The number of aliphatic hydroxyl groups is 1. The Kier molecular flexibility index (Phi) is 4.79. The molecule has 16 heavy (non-hydrogen) atoms. The van der Waals surface area contributed by atoms with Crippen molar-refractivity contribution in [2.24, 2.45) is 17.8 Å². The Hall–Kier alpha value is -0.560. The number of allylic oxidation sites excluding steroid dienone is 3. The summed E-state index contributed by atoms with van der Waals surface area (Å²) in [6, 6.07) is 0. The molecule has 0 aromatic heterocycles. The summed E-state index contributed by atoms with van der Waals surface area (Å²) in [4.78, 5) is 0. The van der Waals surface area contributed by atoms with Crippen molar-refractivity contribution in [1.29, 1.82) is 0 Å². The second-order valence-corrected chi connectivity index (χ2v) is 5.80. The van der Waals surface area contributed by atoms with Crippen LogP contribution in [0.2, 0.25) is 0 Å². The number of hydrogen-bond acceptors (Lipinski definition) is 1. The van der Waals surface area contributed by atoms with E-state index in [0.717, 1.165) is 19.3 Å². The van der Waals surface area contributed by atoms with Gasteiger partial charge in [0.05, 0.1) is 5.60 Å². The van der Waals surface area contributed by atoms with E-state index in [4.69, 9.17) is 0 Å². The van der Waals surface area contributed by atoms with Crippen molar-refractivity contribution in [2.45, 2.75) is 52.6 Å². The largest absolute Gasteiger partial charge is 0.386 e. The highest BCUT2D eigenvalue weighted by Gasteiger charge is 2.25. The van der Waals surface area contributed by atoms with Crippen molar-refractivity contribution >= 4 is 0 Å². The number of rotatable bonds is 4. The molecule has 0 bridgehead atoms. The molecule has 0 amide bonds. The van der Waals surface area contributed by atoms with Gasteiger partial charge in [-0.15, -0.1) is 0 Å². The minimum Gasteiger partial charge on any atom is -0.386 e. The summed E-state index contributed by atoms with van der Waals surface area (Å²) < 4.78 is 0. The third-order valence-electron chi connectivity index (χ3n) is 3.45. The lowest BCUT2D eigenvalue weighted by molar-refractivity contribution is 0.0838. The molecule has 92 valence electrons. The van der Waals surface area contributed by atoms with Crippen molar-refractivity contribution in [1.82, 2.24) is 0 Å². The molecule has 0 aliphatic heterocycles. The Morgan fingerprint density at radius 3 is 2.62 bits per heavy atom. The van der Waals surface area contributed by atoms with Gasteiger partial charge in [-0.3, -0.25) is 0 Å². The first kappa shape index (κ1) is 13.5. The van der Waals surface area contributed by atoms with E-state index in [9.17, 15) is 5.11 Å². The zero-order chi connectivity index (χ0) is 12.2. The summed E-state index contributed by atoms with van der Waals surface area (Å²) in [7, 11) is 0. The molecule has 0 fully saturated rings. The highest BCUT2D eigenvalue weighted by atomic mass is 16.3. The van der Waals surface area contributed by atoms with E-state index in [1.165, 1.54) is 0 Å². The van der Waals surface area contributed by atoms with Crippen LogP contribution >= 0.6 is 0 Å². The van der Waals surface area contributed by atoms with Crippen molar-refractivity contribution in [3.05, 3.63) is 24.3 Å². The molecule has 3 atom stereocenters. The van der Waals surface area contributed by atoms with Gasteiger partial charge in [0.15, 0.2) is 0 Å². The van der Waals surface area contributed by atoms with Crippen molar-refractivity contribution < 1.29 is 5.11 Å². The van der Waals surface area contributed by atoms with E-state index < -0.39 is 5.60 Å². The van der Waals surface area contributed by atoms with Crippen molar-refractivity contribution in [2.75, 3.05) is 0 Å². The predicted octanol–water partition coefficient (Wildman–Crippen LogP) is 3.94. The van der Waals surface area contributed by atoms with Gasteiger partial charge < -0.3 is 5.11 Å². The fourth-order valence-corrected chi connectivity index (χ4v) is 2.18. The van der Waals surface area contributed by atoms with Gasteiger partial charge in [-0.1, -0.05) is 45.1 Å². The van der Waals surface area contributed by atoms with Crippen LogP contribution in [0.1, 0.15) is 47.0 Å². The zero-order valence-corrected chi connectivity index (χ0v) is 11.1. The molecule has 0 aromatic rings. The van der Waals surface area contributed by atoms with Crippen LogP contribution in [0.25, 0.3) is 0 Å². The topological polar surface area (TPSA) is 20.2 Å². The Morgan fingerprint density at radius 1 is 1.44 bits per heavy atom. The fraction of sp³-hybridized carbons (Fsp3) is 0.733. The van der Waals surface area contributed by atoms with Crippen molar-refractivity contribution in [3.63, 3.8) is 0 Å². The third-order valence-corrected chi connectivity index (χ3v) is 3.45. The van der Waals surface area contributed by atoms with Gasteiger partial charge in [-0.2, -0.15) is 0 Å². The Bertz CT molecular complexity index is 261. The summed E-state index contributed by atoms with van der Waals surface area (Å²) in [5.74, 6) is 1.97. The summed E-state index contributed by atoms with van der Waals surface area (Å²) in [6.07, 6.45) is 11.9. The average molecular weight is 222 g/mol. The zero-order valence-electron chi connectivity index (χ0n) is 11.1. The maximum atomic E-state index is 9.82. The highest BCUT2D eigenvalue weighted by molar-refractivity contribution is 5.07. The molecule has 1 aliphatic carbocycles. The molecule has 0 heterocycles. The van der Waals surface area contributed by atoms with Gasteiger partial charge in [-0.05, 0) is 43.9 Å². The van der Waals surface area contributed by atoms with Gasteiger partial charge in [0.1, 0.15) is 0 Å². The molecule has 1 heteroatoms. The van der Waals surface area contributed by atoms with E-state index in [1.54, 1.807) is 0 Å². The minimum absolute atomic E-state index is 0.565. The molecule has 1 N–H and O–H groups in total. The fourth-order valence-electron chi connectivity index (χ4n) is 2.18. The van der Waals surface area contributed by atoms with E-state index in [-0.39, 0.29) is 0 Å². The van der Waals surface area contributed by atoms with Crippen LogP contribution in [0, 0.1) is 17.8 Å². The molecule has 0 saturated carbocycles. The van der Waals surface area contributed by atoms with Gasteiger partial charge in [0, 0.05) is 0 Å². The smallest absolute Gasteiger partial charge is 0.0800 e. The SMILES string of the molecule is CC(C)/C=C\CC(C)C1C=CC(C)(O)CC1. The first-order valence-corrected chi connectivity index (χ1v) is 6.49. The van der Waals surface area contributed by atoms with E-state index in [2.05, 4.69) is 39.0 Å². The van der Waals surface area contributed by atoms with Crippen LogP contribution in [-0.2, 0) is 0 Å². The molecule has 1 rings (SSSR count). The quantitative estimate of drug-likeness (QED) is 0.714. The predicted molar refractivity (Wildman–Crippen MR) is 70.2 cm³/mol. The van der Waals surface area contributed by atoms with Crippen LogP contribution in [0.15, 0.2) is 24.3 Å². The molecule has 0 radical (unpaired) electrons. The third kappa shape index (κ3) is 4.52. The molecule has 0 aromatic carbocycles. The maximum Gasteiger partial charge on any atom is 0.0800 e. The molecule has 1 aliphatic rings. The normalized spacial score (nSPS) is 32.5. The first-order chi connectivity index (χ1) is 7.41. The molecule has 0 saturated heterocycles. The minimum atomic E-state index is -0.565. The van der Waals surface area contributed by atoms with Gasteiger partial charge >= 0.3 is 0 Å². The van der Waals surface area contributed by atoms with Crippen LogP contribution < -0.4 is 0 Å². The second-order valence-electron chi connectivity index (χ2n) is 5.80. The van der Waals surface area contributed by atoms with Gasteiger partial charge in [0.25, 0.3) is 0 Å². The highest BCUT2D eigenvalue weighted by Crippen LogP contribution is 2.31.